The first-order chi connectivity index (χ1) is 12.7. The molecule has 1 aliphatic rings. The van der Waals surface area contributed by atoms with E-state index in [1.54, 1.807) is 36.4 Å². The number of ether oxygens (including phenoxy) is 2. The molecule has 1 aliphatic heterocycles. The molecule has 0 unspecified atom stereocenters. The van der Waals surface area contributed by atoms with Crippen LogP contribution < -0.4 is 4.74 Å². The average molecular weight is 394 g/mol. The van der Waals surface area contributed by atoms with Gasteiger partial charge in [-0.3, -0.25) is 0 Å². The van der Waals surface area contributed by atoms with Gasteiger partial charge in [-0.05, 0) is 41.8 Å². The van der Waals surface area contributed by atoms with E-state index in [0.29, 0.717) is 12.2 Å². The van der Waals surface area contributed by atoms with E-state index >= 15 is 0 Å². The Balaban J connectivity index is 1.65. The molecule has 3 N–H and O–H groups in total. The highest BCUT2D eigenvalue weighted by molar-refractivity contribution is 7.90. The van der Waals surface area contributed by atoms with Crippen LogP contribution in [0.2, 0.25) is 0 Å². The number of hydrogen-bond acceptors (Lipinski definition) is 7. The van der Waals surface area contributed by atoms with Crippen LogP contribution in [-0.4, -0.2) is 61.2 Å². The highest BCUT2D eigenvalue weighted by Gasteiger charge is 2.39. The maximum absolute atomic E-state index is 11.5. The Kier molecular flexibility index (Phi) is 5.83. The smallest absolute Gasteiger partial charge is 0.195 e. The normalized spacial score (nSPS) is 25.9. The second kappa shape index (κ2) is 7.95. The lowest BCUT2D eigenvalue weighted by Crippen LogP contribution is -2.55. The Bertz CT molecular complexity index is 862. The van der Waals surface area contributed by atoms with Gasteiger partial charge in [-0.25, -0.2) is 8.42 Å². The lowest BCUT2D eigenvalue weighted by Gasteiger charge is -2.35. The van der Waals surface area contributed by atoms with Crippen LogP contribution in [0.5, 0.6) is 5.75 Å². The minimum absolute atomic E-state index is 0.154. The Morgan fingerprint density at radius 3 is 2.11 bits per heavy atom. The molecule has 0 bridgehead atoms. The van der Waals surface area contributed by atoms with Gasteiger partial charge in [0.25, 0.3) is 0 Å². The molecule has 1 saturated heterocycles. The summed E-state index contributed by atoms with van der Waals surface area (Å²) in [6.45, 7) is -0.154. The summed E-state index contributed by atoms with van der Waals surface area (Å²) < 4.78 is 33.5. The minimum Gasteiger partial charge on any atom is -0.482 e. The van der Waals surface area contributed by atoms with E-state index in [0.717, 1.165) is 11.1 Å². The molecule has 0 aromatic heterocycles. The first-order valence-electron chi connectivity index (χ1n) is 8.44. The van der Waals surface area contributed by atoms with Crippen molar-refractivity contribution >= 4 is 9.84 Å². The first-order valence-corrected chi connectivity index (χ1v) is 10.3. The quantitative estimate of drug-likeness (QED) is 0.677. The predicted octanol–water partition coefficient (Wildman–Crippen LogP) is 0.499. The van der Waals surface area contributed by atoms with Crippen LogP contribution in [0.4, 0.5) is 0 Å². The topological polar surface area (TPSA) is 113 Å². The highest BCUT2D eigenvalue weighted by atomic mass is 32.2. The summed E-state index contributed by atoms with van der Waals surface area (Å²) in [7, 11) is -3.21. The number of rotatable bonds is 5. The molecule has 1 heterocycles. The van der Waals surface area contributed by atoms with Crippen LogP contribution in [0.15, 0.2) is 53.4 Å². The molecule has 7 nitrogen and oxygen atoms in total. The van der Waals surface area contributed by atoms with Gasteiger partial charge in [0.2, 0.25) is 0 Å². The zero-order valence-electron chi connectivity index (χ0n) is 14.7. The summed E-state index contributed by atoms with van der Waals surface area (Å²) in [5.41, 5.74) is 1.95. The van der Waals surface area contributed by atoms with E-state index in [1.807, 2.05) is 12.1 Å². The molecular weight excluding hydrogens is 372 g/mol. The minimum atomic E-state index is -3.21. The van der Waals surface area contributed by atoms with Crippen LogP contribution >= 0.6 is 0 Å². The van der Waals surface area contributed by atoms with Crippen LogP contribution in [0, 0.1) is 0 Å². The summed E-state index contributed by atoms with van der Waals surface area (Å²) in [4.78, 5) is 0.281. The van der Waals surface area contributed by atoms with Gasteiger partial charge in [0.05, 0.1) is 11.5 Å². The van der Waals surface area contributed by atoms with Gasteiger partial charge in [0.1, 0.15) is 18.0 Å². The summed E-state index contributed by atoms with van der Waals surface area (Å²) in [6, 6.07) is 13.8. The van der Waals surface area contributed by atoms with Crippen molar-refractivity contribution in [3.05, 3.63) is 59.7 Å². The van der Waals surface area contributed by atoms with Crippen molar-refractivity contribution in [3.63, 3.8) is 0 Å². The lowest BCUT2D eigenvalue weighted by atomic mass is 10.0. The van der Waals surface area contributed by atoms with Gasteiger partial charge in [0, 0.05) is 6.26 Å². The van der Waals surface area contributed by atoms with Crippen molar-refractivity contribution in [2.75, 3.05) is 12.9 Å². The number of aliphatic hydroxyl groups excluding tert-OH is 3. The molecule has 0 aliphatic carbocycles. The molecule has 0 radical (unpaired) electrons. The molecule has 3 rings (SSSR count). The third-order valence-electron chi connectivity index (χ3n) is 4.40. The molecule has 2 aromatic carbocycles. The fourth-order valence-corrected chi connectivity index (χ4v) is 3.47. The second-order valence-corrected chi connectivity index (χ2v) is 8.62. The summed E-state index contributed by atoms with van der Waals surface area (Å²) in [5.74, 6) is 0.423. The molecule has 8 heteroatoms. The Hall–Kier alpha value is -1.97. The van der Waals surface area contributed by atoms with E-state index in [4.69, 9.17) is 9.47 Å². The van der Waals surface area contributed by atoms with E-state index in [-0.39, 0.29) is 11.5 Å². The van der Waals surface area contributed by atoms with Crippen molar-refractivity contribution in [1.82, 2.24) is 0 Å². The molecule has 1 fully saturated rings. The monoisotopic (exact) mass is 394 g/mol. The van der Waals surface area contributed by atoms with Gasteiger partial charge in [-0.2, -0.15) is 0 Å². The van der Waals surface area contributed by atoms with Gasteiger partial charge >= 0.3 is 0 Å². The van der Waals surface area contributed by atoms with Gasteiger partial charge in [-0.1, -0.05) is 24.3 Å². The Morgan fingerprint density at radius 1 is 1.00 bits per heavy atom. The van der Waals surface area contributed by atoms with Crippen molar-refractivity contribution in [3.8, 4) is 5.75 Å². The Labute approximate surface area is 157 Å². The third kappa shape index (κ3) is 4.85. The Morgan fingerprint density at radius 2 is 1.56 bits per heavy atom. The van der Waals surface area contributed by atoms with E-state index in [2.05, 4.69) is 0 Å². The molecule has 0 spiro atoms. The molecule has 0 saturated carbocycles. The lowest BCUT2D eigenvalue weighted by molar-refractivity contribution is -0.244. The molecule has 2 aromatic rings. The number of benzene rings is 2. The van der Waals surface area contributed by atoms with Crippen molar-refractivity contribution < 1.29 is 33.2 Å². The molecular formula is C19H22O7S. The van der Waals surface area contributed by atoms with Crippen LogP contribution in [-0.2, 0) is 21.0 Å². The maximum atomic E-state index is 11.5. The highest BCUT2D eigenvalue weighted by Crippen LogP contribution is 2.22. The largest absolute Gasteiger partial charge is 0.482 e. The molecule has 4 atom stereocenters. The summed E-state index contributed by atoms with van der Waals surface area (Å²) in [5, 5.41) is 29.3. The fraction of sp³-hybridized carbons (Fsp3) is 0.368. The number of hydrogen-bond donors (Lipinski definition) is 3. The summed E-state index contributed by atoms with van der Waals surface area (Å²) in [6.07, 6.45) is -2.99. The number of sulfone groups is 1. The molecule has 27 heavy (non-hydrogen) atoms. The SMILES string of the molecule is CS(=O)(=O)c1ccc(Cc2ccc(O[C@@H]3[C@@H](O)[C@H](O)CO[C@H]3O)cc2)cc1. The maximum Gasteiger partial charge on any atom is 0.195 e. The van der Waals surface area contributed by atoms with E-state index < -0.39 is 34.4 Å². The van der Waals surface area contributed by atoms with Crippen molar-refractivity contribution in [2.24, 2.45) is 0 Å². The number of aliphatic hydroxyl groups is 3. The standard InChI is InChI=1S/C19H22O7S/c1-27(23,24)15-8-4-13(5-9-15)10-12-2-6-14(7-3-12)26-18-17(21)16(20)11-25-19(18)22/h2-9,16-22H,10-11H2,1H3/t16-,17+,18-,19-/m1/s1. The van der Waals surface area contributed by atoms with Gasteiger partial charge in [-0.15, -0.1) is 0 Å². The van der Waals surface area contributed by atoms with Crippen LogP contribution in [0.1, 0.15) is 11.1 Å². The first kappa shape index (κ1) is 19.8. The fourth-order valence-electron chi connectivity index (χ4n) is 2.84. The van der Waals surface area contributed by atoms with Gasteiger partial charge in [0.15, 0.2) is 22.2 Å². The third-order valence-corrected chi connectivity index (χ3v) is 5.53. The van der Waals surface area contributed by atoms with Crippen molar-refractivity contribution in [2.45, 2.75) is 35.9 Å². The summed E-state index contributed by atoms with van der Waals surface area (Å²) >= 11 is 0. The molecule has 0 amide bonds. The van der Waals surface area contributed by atoms with Crippen LogP contribution in [0.25, 0.3) is 0 Å². The van der Waals surface area contributed by atoms with E-state index in [1.165, 1.54) is 6.26 Å². The van der Waals surface area contributed by atoms with Gasteiger partial charge < -0.3 is 24.8 Å². The molecule has 146 valence electrons. The zero-order valence-corrected chi connectivity index (χ0v) is 15.5. The average Bonchev–Trinajstić information content (AvgIpc) is 2.63. The second-order valence-electron chi connectivity index (χ2n) is 6.60. The predicted molar refractivity (Wildman–Crippen MR) is 97.2 cm³/mol. The zero-order chi connectivity index (χ0) is 19.6. The van der Waals surface area contributed by atoms with Crippen LogP contribution in [0.3, 0.4) is 0 Å². The van der Waals surface area contributed by atoms with E-state index in [9.17, 15) is 23.7 Å². The van der Waals surface area contributed by atoms with Crippen molar-refractivity contribution in [1.29, 1.82) is 0 Å².